The van der Waals surface area contributed by atoms with Crippen molar-refractivity contribution in [1.29, 1.82) is 5.26 Å². The molecule has 0 heterocycles. The van der Waals surface area contributed by atoms with E-state index >= 15 is 0 Å². The highest BCUT2D eigenvalue weighted by Crippen LogP contribution is 2.20. The quantitative estimate of drug-likeness (QED) is 0.834. The second-order valence-electron chi connectivity index (χ2n) is 4.12. The van der Waals surface area contributed by atoms with E-state index in [1.165, 1.54) is 0 Å². The van der Waals surface area contributed by atoms with Crippen LogP contribution >= 0.6 is 0 Å². The third-order valence-electron chi connectivity index (χ3n) is 2.53. The summed E-state index contributed by atoms with van der Waals surface area (Å²) in [7, 11) is 3.40. The zero-order chi connectivity index (χ0) is 12.8. The van der Waals surface area contributed by atoms with Crippen LogP contribution in [0, 0.1) is 18.3 Å². The summed E-state index contributed by atoms with van der Waals surface area (Å²) in [6, 6.07) is 7.86. The molecule has 92 valence electrons. The molecule has 0 bridgehead atoms. The largest absolute Gasteiger partial charge is 0.389 e. The molecule has 4 heteroatoms. The highest BCUT2D eigenvalue weighted by Gasteiger charge is 2.11. The smallest absolute Gasteiger partial charge is 0.101 e. The molecule has 0 amide bonds. The molecule has 1 unspecified atom stereocenters. The second kappa shape index (κ2) is 6.24. The van der Waals surface area contributed by atoms with Crippen molar-refractivity contribution in [2.24, 2.45) is 0 Å². The molecule has 1 N–H and O–H groups in total. The van der Waals surface area contributed by atoms with Crippen LogP contribution in [0.2, 0.25) is 0 Å². The maximum absolute atomic E-state index is 9.65. The fraction of sp³-hybridized carbons (Fsp3) is 0.462. The van der Waals surface area contributed by atoms with Crippen LogP contribution in [0.3, 0.4) is 0 Å². The van der Waals surface area contributed by atoms with E-state index < -0.39 is 6.10 Å². The number of rotatable bonds is 5. The van der Waals surface area contributed by atoms with Gasteiger partial charge in [0.15, 0.2) is 0 Å². The fourth-order valence-electron chi connectivity index (χ4n) is 1.73. The molecule has 0 aliphatic rings. The molecule has 17 heavy (non-hydrogen) atoms. The number of methoxy groups -OCH3 is 1. The third kappa shape index (κ3) is 3.74. The predicted molar refractivity (Wildman–Crippen MR) is 67.0 cm³/mol. The van der Waals surface area contributed by atoms with Crippen LogP contribution in [0.4, 0.5) is 5.69 Å². The molecule has 0 spiro atoms. The number of nitrogens with zero attached hydrogens (tertiary/aromatic N) is 2. The topological polar surface area (TPSA) is 56.5 Å². The molecule has 4 nitrogen and oxygen atoms in total. The molecule has 0 aromatic heterocycles. The Morgan fingerprint density at radius 3 is 2.82 bits per heavy atom. The molecule has 0 aliphatic carbocycles. The average Bonchev–Trinajstić information content (AvgIpc) is 2.28. The van der Waals surface area contributed by atoms with Crippen molar-refractivity contribution in [2.45, 2.75) is 13.0 Å². The minimum Gasteiger partial charge on any atom is -0.389 e. The average molecular weight is 234 g/mol. The van der Waals surface area contributed by atoms with E-state index in [0.717, 1.165) is 11.3 Å². The highest BCUT2D eigenvalue weighted by molar-refractivity contribution is 5.60. The van der Waals surface area contributed by atoms with E-state index in [1.54, 1.807) is 7.11 Å². The molecule has 1 aromatic carbocycles. The van der Waals surface area contributed by atoms with Crippen molar-refractivity contribution in [3.8, 4) is 6.07 Å². The normalized spacial score (nSPS) is 11.9. The maximum Gasteiger partial charge on any atom is 0.101 e. The molecular formula is C13H18N2O2. The highest BCUT2D eigenvalue weighted by atomic mass is 16.5. The summed E-state index contributed by atoms with van der Waals surface area (Å²) in [6.07, 6.45) is -0.558. The SMILES string of the molecule is COCC(O)CN(C)c1ccc(C)cc1C#N. The maximum atomic E-state index is 9.65. The van der Waals surface area contributed by atoms with Gasteiger partial charge in [0.2, 0.25) is 0 Å². The second-order valence-corrected chi connectivity index (χ2v) is 4.12. The standard InChI is InChI=1S/C13H18N2O2/c1-10-4-5-13(11(6-10)7-14)15(2)8-12(16)9-17-3/h4-6,12,16H,8-9H2,1-3H3. The van der Waals surface area contributed by atoms with Crippen molar-refractivity contribution < 1.29 is 9.84 Å². The molecule has 0 saturated carbocycles. The first-order valence-electron chi connectivity index (χ1n) is 5.47. The number of hydrogen-bond donors (Lipinski definition) is 1. The lowest BCUT2D eigenvalue weighted by Gasteiger charge is -2.23. The summed E-state index contributed by atoms with van der Waals surface area (Å²) in [5, 5.41) is 18.7. The van der Waals surface area contributed by atoms with Crippen molar-refractivity contribution in [3.05, 3.63) is 29.3 Å². The molecule has 1 aromatic rings. The van der Waals surface area contributed by atoms with E-state index in [4.69, 9.17) is 10.00 Å². The Morgan fingerprint density at radius 2 is 2.24 bits per heavy atom. The molecule has 0 radical (unpaired) electrons. The van der Waals surface area contributed by atoms with Gasteiger partial charge < -0.3 is 14.7 Å². The van der Waals surface area contributed by atoms with Crippen LogP contribution < -0.4 is 4.90 Å². The number of aliphatic hydroxyl groups excluding tert-OH is 1. The fourth-order valence-corrected chi connectivity index (χ4v) is 1.73. The van der Waals surface area contributed by atoms with Gasteiger partial charge >= 0.3 is 0 Å². The zero-order valence-corrected chi connectivity index (χ0v) is 10.5. The summed E-state index contributed by atoms with van der Waals surface area (Å²) in [4.78, 5) is 1.86. The van der Waals surface area contributed by atoms with Gasteiger partial charge in [0, 0.05) is 20.7 Å². The molecule has 1 atom stereocenters. The number of nitriles is 1. The number of ether oxygens (including phenoxy) is 1. The van der Waals surface area contributed by atoms with Crippen LogP contribution in [0.15, 0.2) is 18.2 Å². The Labute approximate surface area is 102 Å². The van der Waals surface area contributed by atoms with Gasteiger partial charge in [-0.3, -0.25) is 0 Å². The molecule has 0 fully saturated rings. The van der Waals surface area contributed by atoms with Gasteiger partial charge in [-0.15, -0.1) is 0 Å². The van der Waals surface area contributed by atoms with Gasteiger partial charge in [-0.1, -0.05) is 6.07 Å². The number of likely N-dealkylation sites (N-methyl/N-ethyl adjacent to an activating group) is 1. The Morgan fingerprint density at radius 1 is 1.53 bits per heavy atom. The van der Waals surface area contributed by atoms with Gasteiger partial charge in [0.25, 0.3) is 0 Å². The molecule has 0 saturated heterocycles. The number of aryl methyl sites for hydroxylation is 1. The Bertz CT molecular complexity index is 412. The predicted octanol–water partition coefficient (Wildman–Crippen LogP) is 1.31. The Kier molecular flexibility index (Phi) is 4.95. The lowest BCUT2D eigenvalue weighted by Crippen LogP contribution is -2.32. The van der Waals surface area contributed by atoms with E-state index in [2.05, 4.69) is 6.07 Å². The number of anilines is 1. The first-order chi connectivity index (χ1) is 8.08. The first-order valence-corrected chi connectivity index (χ1v) is 5.47. The van der Waals surface area contributed by atoms with Gasteiger partial charge in [0.1, 0.15) is 6.07 Å². The third-order valence-corrected chi connectivity index (χ3v) is 2.53. The van der Waals surface area contributed by atoms with Crippen molar-refractivity contribution in [3.63, 3.8) is 0 Å². The zero-order valence-electron chi connectivity index (χ0n) is 10.5. The van der Waals surface area contributed by atoms with Crippen LogP contribution in [0.1, 0.15) is 11.1 Å². The molecular weight excluding hydrogens is 216 g/mol. The summed E-state index contributed by atoms with van der Waals surface area (Å²) < 4.78 is 4.87. The van der Waals surface area contributed by atoms with Crippen molar-refractivity contribution in [1.82, 2.24) is 0 Å². The monoisotopic (exact) mass is 234 g/mol. The number of aliphatic hydroxyl groups is 1. The lowest BCUT2D eigenvalue weighted by molar-refractivity contribution is 0.0695. The van der Waals surface area contributed by atoms with Crippen molar-refractivity contribution >= 4 is 5.69 Å². The summed E-state index contributed by atoms with van der Waals surface area (Å²) in [5.41, 5.74) is 2.50. The van der Waals surface area contributed by atoms with Crippen LogP contribution in [0.25, 0.3) is 0 Å². The van der Waals surface area contributed by atoms with E-state index in [1.807, 2.05) is 37.1 Å². The van der Waals surface area contributed by atoms with E-state index in [-0.39, 0.29) is 6.61 Å². The minimum atomic E-state index is -0.558. The lowest BCUT2D eigenvalue weighted by atomic mass is 10.1. The van der Waals surface area contributed by atoms with Gasteiger partial charge in [-0.05, 0) is 24.6 Å². The first kappa shape index (κ1) is 13.5. The van der Waals surface area contributed by atoms with Crippen LogP contribution in [0.5, 0.6) is 0 Å². The Hall–Kier alpha value is -1.57. The molecule has 1 rings (SSSR count). The van der Waals surface area contributed by atoms with Crippen LogP contribution in [-0.2, 0) is 4.74 Å². The van der Waals surface area contributed by atoms with Gasteiger partial charge in [-0.2, -0.15) is 5.26 Å². The van der Waals surface area contributed by atoms with E-state index in [0.29, 0.717) is 12.1 Å². The minimum absolute atomic E-state index is 0.290. The number of hydrogen-bond acceptors (Lipinski definition) is 4. The van der Waals surface area contributed by atoms with Gasteiger partial charge in [-0.25, -0.2) is 0 Å². The van der Waals surface area contributed by atoms with E-state index in [9.17, 15) is 5.11 Å². The molecule has 0 aliphatic heterocycles. The van der Waals surface area contributed by atoms with Crippen molar-refractivity contribution in [2.75, 3.05) is 32.2 Å². The summed E-state index contributed by atoms with van der Waals surface area (Å²) >= 11 is 0. The van der Waals surface area contributed by atoms with Gasteiger partial charge in [0.05, 0.1) is 24.0 Å². The summed E-state index contributed by atoms with van der Waals surface area (Å²) in [6.45, 7) is 2.67. The van der Waals surface area contributed by atoms with Crippen LogP contribution in [-0.4, -0.2) is 38.5 Å². The summed E-state index contributed by atoms with van der Waals surface area (Å²) in [5.74, 6) is 0. The number of benzene rings is 1. The Balaban J connectivity index is 2.82.